The Bertz CT molecular complexity index is 535. The second-order valence-electron chi connectivity index (χ2n) is 3.53. The Morgan fingerprint density at radius 2 is 2.28 bits per heavy atom. The van der Waals surface area contributed by atoms with Crippen LogP contribution in [0.25, 0.3) is 0 Å². The van der Waals surface area contributed by atoms with Gasteiger partial charge in [0.2, 0.25) is 10.1 Å². The molecule has 0 saturated carbocycles. The Kier molecular flexibility index (Phi) is 3.82. The highest BCUT2D eigenvalue weighted by atomic mass is 32.1. The number of hydrogen-bond acceptors (Lipinski definition) is 7. The SMILES string of the molecule is CNc1nnc(C(=O)NCCc2nncn2C)s1. The van der Waals surface area contributed by atoms with Crippen LogP contribution in [0.5, 0.6) is 0 Å². The van der Waals surface area contributed by atoms with Crippen LogP contribution in [-0.2, 0) is 13.5 Å². The molecule has 0 radical (unpaired) electrons. The molecule has 96 valence electrons. The smallest absolute Gasteiger partial charge is 0.282 e. The van der Waals surface area contributed by atoms with E-state index in [2.05, 4.69) is 31.0 Å². The van der Waals surface area contributed by atoms with Gasteiger partial charge in [-0.25, -0.2) is 0 Å². The molecule has 2 aromatic heterocycles. The maximum Gasteiger partial charge on any atom is 0.282 e. The second kappa shape index (κ2) is 5.54. The molecular formula is C9H13N7OS. The average Bonchev–Trinajstić information content (AvgIpc) is 2.98. The van der Waals surface area contributed by atoms with E-state index < -0.39 is 0 Å². The highest BCUT2D eigenvalue weighted by Gasteiger charge is 2.11. The number of carbonyl (C=O) groups excluding carboxylic acids is 1. The number of carbonyl (C=O) groups is 1. The summed E-state index contributed by atoms with van der Waals surface area (Å²) in [4.78, 5) is 11.7. The van der Waals surface area contributed by atoms with E-state index >= 15 is 0 Å². The molecule has 0 bridgehead atoms. The minimum absolute atomic E-state index is 0.226. The van der Waals surface area contributed by atoms with Crippen LogP contribution in [0.2, 0.25) is 0 Å². The first-order chi connectivity index (χ1) is 8.70. The van der Waals surface area contributed by atoms with Gasteiger partial charge in [-0.1, -0.05) is 11.3 Å². The lowest BCUT2D eigenvalue weighted by atomic mass is 10.4. The number of aromatic nitrogens is 5. The fourth-order valence-electron chi connectivity index (χ4n) is 1.31. The summed E-state index contributed by atoms with van der Waals surface area (Å²) in [6.07, 6.45) is 2.25. The van der Waals surface area contributed by atoms with Gasteiger partial charge in [0.05, 0.1) is 0 Å². The van der Waals surface area contributed by atoms with Gasteiger partial charge < -0.3 is 15.2 Å². The van der Waals surface area contributed by atoms with E-state index in [1.807, 2.05) is 11.6 Å². The van der Waals surface area contributed by atoms with Gasteiger partial charge in [0, 0.05) is 27.1 Å². The van der Waals surface area contributed by atoms with E-state index in [0.29, 0.717) is 23.1 Å². The zero-order valence-corrected chi connectivity index (χ0v) is 10.9. The van der Waals surface area contributed by atoms with E-state index in [1.54, 1.807) is 13.4 Å². The van der Waals surface area contributed by atoms with E-state index in [4.69, 9.17) is 0 Å². The molecule has 0 aromatic carbocycles. The van der Waals surface area contributed by atoms with E-state index in [-0.39, 0.29) is 5.91 Å². The number of aryl methyl sites for hydroxylation is 1. The highest BCUT2D eigenvalue weighted by molar-refractivity contribution is 7.17. The van der Waals surface area contributed by atoms with Crippen molar-refractivity contribution in [3.63, 3.8) is 0 Å². The molecule has 2 heterocycles. The summed E-state index contributed by atoms with van der Waals surface area (Å²) in [5, 5.41) is 21.8. The number of nitrogens with one attached hydrogen (secondary N) is 2. The van der Waals surface area contributed by atoms with Crippen molar-refractivity contribution in [3.8, 4) is 0 Å². The molecule has 9 heteroatoms. The monoisotopic (exact) mass is 267 g/mol. The lowest BCUT2D eigenvalue weighted by Crippen LogP contribution is -2.26. The van der Waals surface area contributed by atoms with Crippen molar-refractivity contribution < 1.29 is 4.79 Å². The van der Waals surface area contributed by atoms with Crippen molar-refractivity contribution in [2.45, 2.75) is 6.42 Å². The van der Waals surface area contributed by atoms with Crippen LogP contribution in [0.15, 0.2) is 6.33 Å². The first-order valence-corrected chi connectivity index (χ1v) is 6.14. The third-order valence-electron chi connectivity index (χ3n) is 2.27. The lowest BCUT2D eigenvalue weighted by Gasteiger charge is -2.01. The molecule has 0 aliphatic heterocycles. The Morgan fingerprint density at radius 1 is 1.44 bits per heavy atom. The summed E-state index contributed by atoms with van der Waals surface area (Å²) < 4.78 is 1.82. The molecule has 8 nitrogen and oxygen atoms in total. The second-order valence-corrected chi connectivity index (χ2v) is 4.50. The zero-order chi connectivity index (χ0) is 13.0. The quantitative estimate of drug-likeness (QED) is 0.770. The van der Waals surface area contributed by atoms with Crippen molar-refractivity contribution in [1.29, 1.82) is 0 Å². The summed E-state index contributed by atoms with van der Waals surface area (Å²) in [5.74, 6) is 0.597. The molecule has 0 fully saturated rings. The fraction of sp³-hybridized carbons (Fsp3) is 0.444. The lowest BCUT2D eigenvalue weighted by molar-refractivity contribution is 0.0953. The molecule has 0 aliphatic carbocycles. The molecule has 2 N–H and O–H groups in total. The largest absolute Gasteiger partial charge is 0.363 e. The number of nitrogens with zero attached hydrogens (tertiary/aromatic N) is 5. The fourth-order valence-corrected chi connectivity index (χ4v) is 1.93. The third kappa shape index (κ3) is 2.80. The van der Waals surface area contributed by atoms with Gasteiger partial charge in [-0.2, -0.15) is 0 Å². The molecule has 0 aliphatic rings. The van der Waals surface area contributed by atoms with Crippen molar-refractivity contribution >= 4 is 22.4 Å². The molecule has 2 aromatic rings. The van der Waals surface area contributed by atoms with Crippen LogP contribution in [-0.4, -0.2) is 44.5 Å². The van der Waals surface area contributed by atoms with Crippen molar-refractivity contribution in [3.05, 3.63) is 17.2 Å². The number of anilines is 1. The maximum absolute atomic E-state index is 11.7. The van der Waals surface area contributed by atoms with Crippen molar-refractivity contribution in [2.75, 3.05) is 18.9 Å². The first-order valence-electron chi connectivity index (χ1n) is 5.33. The molecule has 0 atom stereocenters. The van der Waals surface area contributed by atoms with Crippen LogP contribution in [0.1, 0.15) is 15.6 Å². The van der Waals surface area contributed by atoms with E-state index in [0.717, 1.165) is 5.82 Å². The molecule has 18 heavy (non-hydrogen) atoms. The van der Waals surface area contributed by atoms with Gasteiger partial charge in [-0.05, 0) is 0 Å². The Labute approximate surface area is 107 Å². The first kappa shape index (κ1) is 12.4. The Morgan fingerprint density at radius 3 is 2.89 bits per heavy atom. The van der Waals surface area contributed by atoms with Crippen molar-refractivity contribution in [1.82, 2.24) is 30.3 Å². The van der Waals surface area contributed by atoms with Gasteiger partial charge in [0.1, 0.15) is 12.2 Å². The zero-order valence-electron chi connectivity index (χ0n) is 10.0. The predicted octanol–water partition coefficient (Wildman–Crippen LogP) is -0.319. The Balaban J connectivity index is 1.83. The van der Waals surface area contributed by atoms with E-state index in [9.17, 15) is 4.79 Å². The summed E-state index contributed by atoms with van der Waals surface area (Å²) >= 11 is 1.21. The van der Waals surface area contributed by atoms with Crippen LogP contribution in [0, 0.1) is 0 Å². The minimum atomic E-state index is -0.226. The maximum atomic E-state index is 11.7. The summed E-state index contributed by atoms with van der Waals surface area (Å²) in [6, 6.07) is 0. The summed E-state index contributed by atoms with van der Waals surface area (Å²) in [7, 11) is 3.59. The van der Waals surface area contributed by atoms with Gasteiger partial charge in [-0.15, -0.1) is 20.4 Å². The molecular weight excluding hydrogens is 254 g/mol. The molecule has 0 spiro atoms. The van der Waals surface area contributed by atoms with Crippen molar-refractivity contribution in [2.24, 2.45) is 7.05 Å². The number of amides is 1. The van der Waals surface area contributed by atoms with E-state index in [1.165, 1.54) is 11.3 Å². The summed E-state index contributed by atoms with van der Waals surface area (Å²) in [5.41, 5.74) is 0. The standard InChI is InChI=1S/C9H13N7OS/c1-10-9-15-14-8(18-9)7(17)11-4-3-6-13-12-5-16(6)2/h5H,3-4H2,1-2H3,(H,10,15)(H,11,17). The van der Waals surface area contributed by atoms with Crippen LogP contribution in [0.3, 0.4) is 0 Å². The van der Waals surface area contributed by atoms with Gasteiger partial charge in [-0.3, -0.25) is 4.79 Å². The van der Waals surface area contributed by atoms with Gasteiger partial charge in [0.15, 0.2) is 0 Å². The molecule has 0 unspecified atom stereocenters. The third-order valence-corrected chi connectivity index (χ3v) is 3.21. The summed E-state index contributed by atoms with van der Waals surface area (Å²) in [6.45, 7) is 0.486. The van der Waals surface area contributed by atoms with Gasteiger partial charge >= 0.3 is 0 Å². The Hall–Kier alpha value is -2.03. The normalized spacial score (nSPS) is 10.3. The van der Waals surface area contributed by atoms with Crippen LogP contribution in [0.4, 0.5) is 5.13 Å². The van der Waals surface area contributed by atoms with Gasteiger partial charge in [0.25, 0.3) is 5.91 Å². The topological polar surface area (TPSA) is 97.6 Å². The number of hydrogen-bond donors (Lipinski definition) is 2. The minimum Gasteiger partial charge on any atom is -0.363 e. The van der Waals surface area contributed by atoms with Crippen LogP contribution >= 0.6 is 11.3 Å². The molecule has 1 amide bonds. The average molecular weight is 267 g/mol. The molecule has 2 rings (SSSR count). The highest BCUT2D eigenvalue weighted by Crippen LogP contribution is 2.13. The number of rotatable bonds is 5. The predicted molar refractivity (Wildman–Crippen MR) is 66.5 cm³/mol. The molecule has 0 saturated heterocycles. The van der Waals surface area contributed by atoms with Crippen LogP contribution < -0.4 is 10.6 Å².